The van der Waals surface area contributed by atoms with E-state index >= 15 is 0 Å². The predicted molar refractivity (Wildman–Crippen MR) is 56.5 cm³/mol. The molecule has 0 radical (unpaired) electrons. The van der Waals surface area contributed by atoms with Crippen molar-refractivity contribution in [1.29, 1.82) is 0 Å². The maximum atomic E-state index is 11.5. The topological polar surface area (TPSA) is 134 Å². The Labute approximate surface area is 101 Å². The fourth-order valence-electron chi connectivity index (χ4n) is 1.23. The Morgan fingerprint density at radius 3 is 2.56 bits per heavy atom. The second-order valence-electron chi connectivity index (χ2n) is 3.48. The Morgan fingerprint density at radius 2 is 2.06 bits per heavy atom. The zero-order valence-electron chi connectivity index (χ0n) is 9.31. The summed E-state index contributed by atoms with van der Waals surface area (Å²) < 4.78 is 1.23. The van der Waals surface area contributed by atoms with E-state index in [1.165, 1.54) is 17.3 Å². The molecule has 1 atom stereocenters. The largest absolute Gasteiger partial charge is 0.481 e. The van der Waals surface area contributed by atoms with Crippen molar-refractivity contribution in [2.24, 2.45) is 0 Å². The van der Waals surface area contributed by atoms with Gasteiger partial charge in [-0.2, -0.15) is 5.10 Å². The highest BCUT2D eigenvalue weighted by molar-refractivity contribution is 5.83. The third kappa shape index (κ3) is 4.60. The van der Waals surface area contributed by atoms with Crippen molar-refractivity contribution in [3.8, 4) is 0 Å². The first kappa shape index (κ1) is 13.6. The maximum Gasteiger partial charge on any atom is 0.326 e. The molecular formula is C9H12N4O5. The molecule has 1 rings (SSSR count). The molecule has 0 aliphatic heterocycles. The quantitative estimate of drug-likeness (QED) is 0.552. The fourth-order valence-corrected chi connectivity index (χ4v) is 1.23. The first-order chi connectivity index (χ1) is 8.49. The minimum absolute atomic E-state index is 0.170. The van der Waals surface area contributed by atoms with Crippen molar-refractivity contribution < 1.29 is 24.6 Å². The summed E-state index contributed by atoms with van der Waals surface area (Å²) in [5.41, 5.74) is 0. The number of aromatic nitrogens is 3. The van der Waals surface area contributed by atoms with Crippen LogP contribution >= 0.6 is 0 Å². The number of carboxylic acid groups (broad SMARTS) is 2. The summed E-state index contributed by atoms with van der Waals surface area (Å²) >= 11 is 0. The number of nitrogens with one attached hydrogen (secondary N) is 1. The Bertz CT molecular complexity index is 430. The van der Waals surface area contributed by atoms with E-state index in [4.69, 9.17) is 10.2 Å². The van der Waals surface area contributed by atoms with Crippen LogP contribution in [0.5, 0.6) is 0 Å². The number of hydrogen-bond acceptors (Lipinski definition) is 5. The number of rotatable bonds is 7. The summed E-state index contributed by atoms with van der Waals surface area (Å²) in [6.45, 7) is -0.170. The van der Waals surface area contributed by atoms with Crippen molar-refractivity contribution in [3.63, 3.8) is 0 Å². The van der Waals surface area contributed by atoms with E-state index in [9.17, 15) is 14.4 Å². The van der Waals surface area contributed by atoms with Gasteiger partial charge in [-0.15, -0.1) is 0 Å². The van der Waals surface area contributed by atoms with Gasteiger partial charge in [-0.3, -0.25) is 9.59 Å². The van der Waals surface area contributed by atoms with Crippen LogP contribution in [0, 0.1) is 0 Å². The molecule has 0 aliphatic carbocycles. The molecule has 1 aromatic rings. The number of carbonyl (C=O) groups is 3. The van der Waals surface area contributed by atoms with Crippen LogP contribution < -0.4 is 5.32 Å². The van der Waals surface area contributed by atoms with Crippen molar-refractivity contribution in [3.05, 3.63) is 12.7 Å². The molecular weight excluding hydrogens is 244 g/mol. The van der Waals surface area contributed by atoms with E-state index in [-0.39, 0.29) is 19.4 Å². The van der Waals surface area contributed by atoms with Crippen molar-refractivity contribution >= 4 is 17.8 Å². The number of amides is 1. The Morgan fingerprint density at radius 1 is 1.33 bits per heavy atom. The smallest absolute Gasteiger partial charge is 0.326 e. The summed E-state index contributed by atoms with van der Waals surface area (Å²) in [6, 6.07) is -1.22. The average molecular weight is 256 g/mol. The van der Waals surface area contributed by atoms with Crippen LogP contribution in [-0.4, -0.2) is 48.9 Å². The van der Waals surface area contributed by atoms with E-state index < -0.39 is 23.9 Å². The van der Waals surface area contributed by atoms with E-state index in [1.54, 1.807) is 0 Å². The predicted octanol–water partition coefficient (Wildman–Crippen LogP) is -1.29. The van der Waals surface area contributed by atoms with Crippen molar-refractivity contribution in [2.45, 2.75) is 25.4 Å². The second kappa shape index (κ2) is 6.33. The first-order valence-corrected chi connectivity index (χ1v) is 5.05. The van der Waals surface area contributed by atoms with Gasteiger partial charge in [0.15, 0.2) is 0 Å². The lowest BCUT2D eigenvalue weighted by atomic mass is 10.1. The zero-order chi connectivity index (χ0) is 13.5. The van der Waals surface area contributed by atoms with Gasteiger partial charge < -0.3 is 15.5 Å². The molecule has 98 valence electrons. The van der Waals surface area contributed by atoms with Gasteiger partial charge in [0.25, 0.3) is 0 Å². The van der Waals surface area contributed by atoms with Crippen LogP contribution in [0.1, 0.15) is 12.8 Å². The summed E-state index contributed by atoms with van der Waals surface area (Å²) in [7, 11) is 0. The molecule has 0 saturated carbocycles. The molecule has 0 saturated heterocycles. The van der Waals surface area contributed by atoms with Crippen molar-refractivity contribution in [2.75, 3.05) is 0 Å². The summed E-state index contributed by atoms with van der Waals surface area (Å²) in [5.74, 6) is -2.96. The molecule has 3 N–H and O–H groups in total. The minimum Gasteiger partial charge on any atom is -0.481 e. The SMILES string of the molecule is O=C(O)CCC(NC(=O)Cn1cncn1)C(=O)O. The molecule has 0 aliphatic rings. The number of hydrogen-bond donors (Lipinski definition) is 3. The average Bonchev–Trinajstić information content (AvgIpc) is 2.76. The zero-order valence-corrected chi connectivity index (χ0v) is 9.31. The Hall–Kier alpha value is -2.45. The normalized spacial score (nSPS) is 11.8. The fraction of sp³-hybridized carbons (Fsp3) is 0.444. The molecule has 0 bridgehead atoms. The molecule has 1 unspecified atom stereocenters. The van der Waals surface area contributed by atoms with E-state index in [0.717, 1.165) is 0 Å². The molecule has 1 heterocycles. The Kier molecular flexibility index (Phi) is 4.78. The molecule has 9 nitrogen and oxygen atoms in total. The summed E-state index contributed by atoms with van der Waals surface area (Å²) in [6.07, 6.45) is 2.05. The van der Waals surface area contributed by atoms with E-state index in [0.29, 0.717) is 0 Å². The molecule has 9 heteroatoms. The number of nitrogens with zero attached hydrogens (tertiary/aromatic N) is 3. The third-order valence-corrected chi connectivity index (χ3v) is 2.05. The van der Waals surface area contributed by atoms with Gasteiger partial charge in [-0.05, 0) is 6.42 Å². The lowest BCUT2D eigenvalue weighted by Crippen LogP contribution is -2.42. The molecule has 0 fully saturated rings. The second-order valence-corrected chi connectivity index (χ2v) is 3.48. The van der Waals surface area contributed by atoms with Crippen molar-refractivity contribution in [1.82, 2.24) is 20.1 Å². The van der Waals surface area contributed by atoms with Crippen LogP contribution in [0.4, 0.5) is 0 Å². The lowest BCUT2D eigenvalue weighted by Gasteiger charge is -2.13. The summed E-state index contributed by atoms with van der Waals surface area (Å²) in [5, 5.41) is 23.2. The Balaban J connectivity index is 2.47. The van der Waals surface area contributed by atoms with Crippen LogP contribution in [0.25, 0.3) is 0 Å². The van der Waals surface area contributed by atoms with Gasteiger partial charge in [0, 0.05) is 6.42 Å². The van der Waals surface area contributed by atoms with Crippen LogP contribution in [-0.2, 0) is 20.9 Å². The highest BCUT2D eigenvalue weighted by atomic mass is 16.4. The van der Waals surface area contributed by atoms with E-state index in [1.807, 2.05) is 0 Å². The molecule has 0 aromatic carbocycles. The van der Waals surface area contributed by atoms with Gasteiger partial charge in [0.05, 0.1) is 0 Å². The number of carboxylic acids is 2. The summed E-state index contributed by atoms with van der Waals surface area (Å²) in [4.78, 5) is 36.2. The van der Waals surface area contributed by atoms with Crippen LogP contribution in [0.15, 0.2) is 12.7 Å². The monoisotopic (exact) mass is 256 g/mol. The first-order valence-electron chi connectivity index (χ1n) is 5.05. The van der Waals surface area contributed by atoms with Gasteiger partial charge in [0.2, 0.25) is 5.91 Å². The number of aliphatic carboxylic acids is 2. The molecule has 1 aromatic heterocycles. The maximum absolute atomic E-state index is 11.5. The van der Waals surface area contributed by atoms with Crippen LogP contribution in [0.2, 0.25) is 0 Å². The van der Waals surface area contributed by atoms with Gasteiger partial charge in [-0.25, -0.2) is 14.5 Å². The van der Waals surface area contributed by atoms with Crippen LogP contribution in [0.3, 0.4) is 0 Å². The highest BCUT2D eigenvalue weighted by Crippen LogP contribution is 1.98. The van der Waals surface area contributed by atoms with Gasteiger partial charge >= 0.3 is 11.9 Å². The number of carbonyl (C=O) groups excluding carboxylic acids is 1. The lowest BCUT2D eigenvalue weighted by molar-refractivity contribution is -0.143. The highest BCUT2D eigenvalue weighted by Gasteiger charge is 2.20. The standard InChI is InChI=1S/C9H12N4O5/c14-7(3-13-5-10-4-11-13)12-6(9(17)18)1-2-8(15)16/h4-6H,1-3H2,(H,12,14)(H,15,16)(H,17,18). The minimum atomic E-state index is -1.27. The van der Waals surface area contributed by atoms with Gasteiger partial charge in [0.1, 0.15) is 25.2 Å². The molecule has 0 spiro atoms. The van der Waals surface area contributed by atoms with E-state index in [2.05, 4.69) is 15.4 Å². The molecule has 1 amide bonds. The molecule has 18 heavy (non-hydrogen) atoms. The third-order valence-electron chi connectivity index (χ3n) is 2.05. The van der Waals surface area contributed by atoms with Gasteiger partial charge in [-0.1, -0.05) is 0 Å².